The van der Waals surface area contributed by atoms with Gasteiger partial charge in [0.2, 0.25) is 0 Å². The number of ether oxygens (including phenoxy) is 1. The Hall–Kier alpha value is -0.980. The standard InChI is InChI=1S/C18H27N3O.HI/c1-19-17(20-14-18(10-11-18)15-8-9-15)21(2)12-13-22-16-6-4-3-5-7-16;/h3-7,15H,8-14H2,1-2H3,(H,19,20);1H. The molecule has 2 aliphatic carbocycles. The molecule has 2 aliphatic rings. The summed E-state index contributed by atoms with van der Waals surface area (Å²) in [6, 6.07) is 9.95. The molecule has 1 aromatic rings. The highest BCUT2D eigenvalue weighted by Gasteiger charge is 2.53. The number of halogens is 1. The molecule has 0 unspecified atom stereocenters. The van der Waals surface area contributed by atoms with Crippen LogP contribution >= 0.6 is 24.0 Å². The summed E-state index contributed by atoms with van der Waals surface area (Å²) in [5.41, 5.74) is 0.595. The van der Waals surface area contributed by atoms with Crippen LogP contribution in [0.15, 0.2) is 35.3 Å². The van der Waals surface area contributed by atoms with Gasteiger partial charge in [0, 0.05) is 20.6 Å². The van der Waals surface area contributed by atoms with E-state index in [1.165, 1.54) is 25.7 Å². The number of benzene rings is 1. The van der Waals surface area contributed by atoms with Gasteiger partial charge in [0.1, 0.15) is 12.4 Å². The molecule has 0 aliphatic heterocycles. The van der Waals surface area contributed by atoms with Crippen LogP contribution in [0.4, 0.5) is 0 Å². The average Bonchev–Trinajstić information content (AvgIpc) is 3.41. The Labute approximate surface area is 156 Å². The van der Waals surface area contributed by atoms with E-state index in [4.69, 9.17) is 4.74 Å². The number of guanidine groups is 1. The van der Waals surface area contributed by atoms with Crippen LogP contribution in [0.3, 0.4) is 0 Å². The monoisotopic (exact) mass is 429 g/mol. The number of likely N-dealkylation sites (N-methyl/N-ethyl adjacent to an activating group) is 1. The number of aliphatic imine (C=N–C) groups is 1. The zero-order chi connectivity index (χ0) is 15.4. The summed E-state index contributed by atoms with van der Waals surface area (Å²) in [7, 11) is 3.92. The largest absolute Gasteiger partial charge is 0.492 e. The second-order valence-electron chi connectivity index (χ2n) is 6.62. The summed E-state index contributed by atoms with van der Waals surface area (Å²) in [6.45, 7) is 2.56. The van der Waals surface area contributed by atoms with Crippen molar-refractivity contribution in [2.75, 3.05) is 33.8 Å². The lowest BCUT2D eigenvalue weighted by molar-refractivity contribution is 0.280. The van der Waals surface area contributed by atoms with Gasteiger partial charge in [-0.05, 0) is 49.1 Å². The third kappa shape index (κ3) is 4.99. The maximum Gasteiger partial charge on any atom is 0.193 e. The third-order valence-electron chi connectivity index (χ3n) is 4.95. The predicted octanol–water partition coefficient (Wildman–Crippen LogP) is 3.38. The van der Waals surface area contributed by atoms with Gasteiger partial charge < -0.3 is 15.0 Å². The number of para-hydroxylation sites is 1. The fourth-order valence-electron chi connectivity index (χ4n) is 3.15. The molecule has 0 radical (unpaired) electrons. The first-order chi connectivity index (χ1) is 10.7. The maximum absolute atomic E-state index is 5.75. The lowest BCUT2D eigenvalue weighted by Gasteiger charge is -2.24. The topological polar surface area (TPSA) is 36.9 Å². The molecular weight excluding hydrogens is 401 g/mol. The van der Waals surface area contributed by atoms with Crippen LogP contribution in [-0.4, -0.2) is 44.7 Å². The molecule has 1 aromatic carbocycles. The van der Waals surface area contributed by atoms with Crippen molar-refractivity contribution in [2.24, 2.45) is 16.3 Å². The lowest BCUT2D eigenvalue weighted by atomic mass is 10.0. The highest BCUT2D eigenvalue weighted by atomic mass is 127. The molecule has 0 amide bonds. The zero-order valence-electron chi connectivity index (χ0n) is 14.1. The van der Waals surface area contributed by atoms with E-state index in [-0.39, 0.29) is 24.0 Å². The van der Waals surface area contributed by atoms with Gasteiger partial charge in [-0.2, -0.15) is 0 Å². The minimum Gasteiger partial charge on any atom is -0.492 e. The Bertz CT molecular complexity index is 512. The van der Waals surface area contributed by atoms with Crippen molar-refractivity contribution in [3.05, 3.63) is 30.3 Å². The second kappa shape index (κ2) is 8.22. The summed E-state index contributed by atoms with van der Waals surface area (Å²) in [5.74, 6) is 2.87. The molecule has 0 atom stereocenters. The Morgan fingerprint density at radius 3 is 2.57 bits per heavy atom. The van der Waals surface area contributed by atoms with Crippen LogP contribution in [0.25, 0.3) is 0 Å². The van der Waals surface area contributed by atoms with Gasteiger partial charge >= 0.3 is 0 Å². The zero-order valence-corrected chi connectivity index (χ0v) is 16.5. The molecule has 0 saturated heterocycles. The Balaban J connectivity index is 0.00000192. The Morgan fingerprint density at radius 2 is 2.00 bits per heavy atom. The molecule has 4 nitrogen and oxygen atoms in total. The molecule has 128 valence electrons. The number of hydrogen-bond donors (Lipinski definition) is 1. The van der Waals surface area contributed by atoms with E-state index in [2.05, 4.69) is 22.3 Å². The van der Waals surface area contributed by atoms with E-state index in [0.717, 1.165) is 30.7 Å². The number of nitrogens with one attached hydrogen (secondary N) is 1. The van der Waals surface area contributed by atoms with Crippen molar-refractivity contribution >= 4 is 29.9 Å². The summed E-state index contributed by atoms with van der Waals surface area (Å²) >= 11 is 0. The van der Waals surface area contributed by atoms with Crippen LogP contribution < -0.4 is 10.1 Å². The highest BCUT2D eigenvalue weighted by Crippen LogP contribution is 2.60. The van der Waals surface area contributed by atoms with Gasteiger partial charge in [-0.15, -0.1) is 24.0 Å². The number of hydrogen-bond acceptors (Lipinski definition) is 2. The molecule has 2 fully saturated rings. The fourth-order valence-corrected chi connectivity index (χ4v) is 3.15. The summed E-state index contributed by atoms with van der Waals surface area (Å²) in [5, 5.41) is 3.56. The second-order valence-corrected chi connectivity index (χ2v) is 6.62. The van der Waals surface area contributed by atoms with E-state index in [1.807, 2.05) is 37.4 Å². The molecule has 0 aromatic heterocycles. The molecule has 0 heterocycles. The van der Waals surface area contributed by atoms with Crippen molar-refractivity contribution in [3.63, 3.8) is 0 Å². The molecule has 23 heavy (non-hydrogen) atoms. The van der Waals surface area contributed by atoms with Crippen LogP contribution in [0, 0.1) is 11.3 Å². The average molecular weight is 429 g/mol. The molecule has 0 bridgehead atoms. The van der Waals surface area contributed by atoms with Gasteiger partial charge in [-0.3, -0.25) is 4.99 Å². The van der Waals surface area contributed by atoms with Gasteiger partial charge in [0.25, 0.3) is 0 Å². The smallest absolute Gasteiger partial charge is 0.193 e. The van der Waals surface area contributed by atoms with Gasteiger partial charge in [0.05, 0.1) is 6.54 Å². The normalized spacial score (nSPS) is 18.8. The lowest BCUT2D eigenvalue weighted by Crippen LogP contribution is -2.43. The SMILES string of the molecule is CN=C(NCC1(C2CC2)CC1)N(C)CCOc1ccccc1.I. The third-order valence-corrected chi connectivity index (χ3v) is 4.95. The van der Waals surface area contributed by atoms with Crippen molar-refractivity contribution < 1.29 is 4.74 Å². The Kier molecular flexibility index (Phi) is 6.56. The van der Waals surface area contributed by atoms with Gasteiger partial charge in [-0.25, -0.2) is 0 Å². The molecule has 5 heteroatoms. The molecular formula is C18H28IN3O. The molecule has 0 spiro atoms. The van der Waals surface area contributed by atoms with Gasteiger partial charge in [-0.1, -0.05) is 18.2 Å². The number of rotatable bonds is 7. The van der Waals surface area contributed by atoms with E-state index in [0.29, 0.717) is 12.0 Å². The van der Waals surface area contributed by atoms with Crippen molar-refractivity contribution in [1.29, 1.82) is 0 Å². The van der Waals surface area contributed by atoms with Crippen molar-refractivity contribution in [2.45, 2.75) is 25.7 Å². The Morgan fingerprint density at radius 1 is 1.30 bits per heavy atom. The van der Waals surface area contributed by atoms with Gasteiger partial charge in [0.15, 0.2) is 5.96 Å². The molecule has 3 rings (SSSR count). The highest BCUT2D eigenvalue weighted by molar-refractivity contribution is 14.0. The maximum atomic E-state index is 5.75. The predicted molar refractivity (Wildman–Crippen MR) is 106 cm³/mol. The van der Waals surface area contributed by atoms with Crippen molar-refractivity contribution in [1.82, 2.24) is 10.2 Å². The first-order valence-corrected chi connectivity index (χ1v) is 8.33. The minimum atomic E-state index is 0. The molecule has 1 N–H and O–H groups in total. The van der Waals surface area contributed by atoms with Crippen LogP contribution in [0.5, 0.6) is 5.75 Å². The van der Waals surface area contributed by atoms with E-state index in [1.54, 1.807) is 0 Å². The quantitative estimate of drug-likeness (QED) is 0.410. The van der Waals surface area contributed by atoms with Crippen LogP contribution in [0.1, 0.15) is 25.7 Å². The number of nitrogens with zero attached hydrogens (tertiary/aromatic N) is 2. The van der Waals surface area contributed by atoms with E-state index >= 15 is 0 Å². The van der Waals surface area contributed by atoms with Crippen molar-refractivity contribution in [3.8, 4) is 5.75 Å². The first-order valence-electron chi connectivity index (χ1n) is 8.33. The minimum absolute atomic E-state index is 0. The summed E-state index contributed by atoms with van der Waals surface area (Å²) in [6.07, 6.45) is 5.65. The summed E-state index contributed by atoms with van der Waals surface area (Å²) < 4.78 is 5.75. The van der Waals surface area contributed by atoms with E-state index in [9.17, 15) is 0 Å². The summed E-state index contributed by atoms with van der Waals surface area (Å²) in [4.78, 5) is 6.54. The first kappa shape index (κ1) is 18.4. The van der Waals surface area contributed by atoms with Crippen LogP contribution in [0.2, 0.25) is 0 Å². The fraction of sp³-hybridized carbons (Fsp3) is 0.611. The van der Waals surface area contributed by atoms with Crippen LogP contribution in [-0.2, 0) is 0 Å². The van der Waals surface area contributed by atoms with E-state index < -0.39 is 0 Å². The molecule has 2 saturated carbocycles.